The molecule has 0 aromatic rings. The number of aldehydes is 1. The van der Waals surface area contributed by atoms with Gasteiger partial charge in [-0.25, -0.2) is 4.79 Å². The molecule has 0 radical (unpaired) electrons. The van der Waals surface area contributed by atoms with Crippen molar-refractivity contribution in [3.05, 3.63) is 11.6 Å². The van der Waals surface area contributed by atoms with Crippen molar-refractivity contribution in [3.63, 3.8) is 0 Å². The van der Waals surface area contributed by atoms with Crippen molar-refractivity contribution in [1.82, 2.24) is 0 Å². The van der Waals surface area contributed by atoms with Crippen LogP contribution in [0.1, 0.15) is 106 Å². The number of esters is 1. The summed E-state index contributed by atoms with van der Waals surface area (Å²) in [6, 6.07) is 0. The van der Waals surface area contributed by atoms with Crippen molar-refractivity contribution in [2.45, 2.75) is 321 Å². The first kappa shape index (κ1) is 89.2. The Labute approximate surface area is 649 Å². The predicted molar refractivity (Wildman–Crippen MR) is 366 cm³/mol. The number of fused-ring (bicyclic) bond motifs is 7. The SMILES string of the molecule is CC1(C)CC[C@]2(C(=O)O[C@@H]3OC[C@H](O)[C@@H](O)C3O[C@@H]3OC[C@H](O[C@@H]4OC[C@@H](O)[C@@H](O)C4O)[C@H](O[C@@H]4OC(CO)[C@@H](O)[C@@H](O)C4O)C3O)CC[C@]3(C)C(=CCC4[C@@]5(C)CCC(O[C@@H]6OC(C(=O)O)[C@@H](O)[C@@H](O[C@@H]7OC[C@H](O)[C@H](O)C7O)C6O[C@@H]6OC(CO)[C@H](O)[C@@H](O)C6O)[C@@](C)(C=O)C5CC[C@]43C)[C@@H]2C1.OC1COC[C@@H](O)C1O. The minimum atomic E-state index is -2.21. The monoisotopic (exact) mass is 1630 g/mol. The molecule has 0 spiro atoms. The molecule has 0 aromatic carbocycles. The minimum absolute atomic E-state index is 0.109. The van der Waals surface area contributed by atoms with E-state index in [4.69, 9.17) is 86.4 Å². The Morgan fingerprint density at radius 2 is 0.947 bits per heavy atom. The number of aliphatic hydroxyl groups is 21. The van der Waals surface area contributed by atoms with E-state index >= 15 is 4.79 Å². The lowest BCUT2D eigenvalue weighted by Gasteiger charge is -2.71. The highest BCUT2D eigenvalue weighted by Crippen LogP contribution is 2.76. The van der Waals surface area contributed by atoms with Crippen LogP contribution in [-0.2, 0) is 85.4 Å². The molecule has 648 valence electrons. The molecule has 40 nitrogen and oxygen atoms in total. The van der Waals surface area contributed by atoms with Crippen molar-refractivity contribution < 1.29 is 198 Å². The molecule has 8 saturated heterocycles. The van der Waals surface area contributed by atoms with Crippen molar-refractivity contribution >= 4 is 18.2 Å². The first-order chi connectivity index (χ1) is 53.1. The first-order valence-electron chi connectivity index (χ1n) is 38.8. The second kappa shape index (κ2) is 34.8. The zero-order valence-electron chi connectivity index (χ0n) is 63.5. The summed E-state index contributed by atoms with van der Waals surface area (Å²) in [6.45, 7) is 8.85. The number of hydrogen-bond acceptors (Lipinski definition) is 39. The Balaban J connectivity index is 0.00000123. The summed E-state index contributed by atoms with van der Waals surface area (Å²) in [6.07, 6.45) is -53.9. The van der Waals surface area contributed by atoms with Gasteiger partial charge in [-0.05, 0) is 104 Å². The standard InChI is InChI=1S/C68H106O36.C5H10O4/c1-63(2)13-15-68(62(90)104-60-52(38(77)29(74)22-93-60)102-57-48(87)49(99-58-45(84)41(80)39(78)30(18-69)95-58)32(23-94-57)97-55-43(82)36(75)27(72)20-91-55)16-14-66(5)25(26(68)17-63)7-8-34-64(3)11-10-35(65(4,24-71)33(64)9-12-67(34,66)6)98-61-53(103-59-46(85)42(81)40(79)31(19-70)96-59)50(47(86)51(101-61)54(88)89)100-56-44(83)37(76)28(73)21-92-56;6-3-1-9-2-4(7)5(3)8/h7,24,26-53,55-61,69-70,72-87H,8-23H2,1-6H3,(H,88,89);3-8H,1-2H2/t26-,27+,28-,29-,30?,31?,32-,33?,34?,35?,36+,37-,38+,39+,40-,41+,42+,43?,44?,45?,46?,47-,48?,49-,50+,51?,52?,53?,55-,56-,57-,58-,59-,60-,61+,64-,65-,66+,67+,68-;3-,4?,5?/m01/s1. The summed E-state index contributed by atoms with van der Waals surface area (Å²) < 4.78 is 88.6. The van der Waals surface area contributed by atoms with Gasteiger partial charge in [-0.1, -0.05) is 53.2 Å². The molecule has 40 heteroatoms. The number of aliphatic carboxylic acids is 1. The maximum Gasteiger partial charge on any atom is 0.335 e. The number of ether oxygens (including phenoxy) is 15. The van der Waals surface area contributed by atoms with Gasteiger partial charge >= 0.3 is 11.9 Å². The van der Waals surface area contributed by atoms with E-state index in [0.717, 1.165) is 11.9 Å². The van der Waals surface area contributed by atoms with Gasteiger partial charge in [0.05, 0.1) is 69.8 Å². The summed E-state index contributed by atoms with van der Waals surface area (Å²) in [5.41, 5.74) is -3.57. The topological polar surface area (TPSA) is 635 Å². The molecule has 0 bridgehead atoms. The Morgan fingerprint density at radius 3 is 1.50 bits per heavy atom. The number of rotatable bonds is 18. The van der Waals surface area contributed by atoms with Gasteiger partial charge in [0.2, 0.25) is 6.29 Å². The van der Waals surface area contributed by atoms with Gasteiger partial charge < -0.3 is 188 Å². The number of carboxylic acids is 1. The van der Waals surface area contributed by atoms with E-state index in [1.54, 1.807) is 6.92 Å². The Morgan fingerprint density at radius 1 is 0.451 bits per heavy atom. The third kappa shape index (κ3) is 16.5. The molecule has 22 N–H and O–H groups in total. The smallest absolute Gasteiger partial charge is 0.335 e. The van der Waals surface area contributed by atoms with E-state index in [-0.39, 0.29) is 31.0 Å². The Bertz CT molecular complexity index is 3240. The molecular weight excluding hydrogens is 1520 g/mol. The quantitative estimate of drug-likeness (QED) is 0.0262. The van der Waals surface area contributed by atoms with Gasteiger partial charge in [0, 0.05) is 0 Å². The minimum Gasteiger partial charge on any atom is -0.479 e. The van der Waals surface area contributed by atoms with Crippen molar-refractivity contribution in [3.8, 4) is 0 Å². The Kier molecular flexibility index (Phi) is 27.5. The third-order valence-corrected chi connectivity index (χ3v) is 27.5. The first-order valence-corrected chi connectivity index (χ1v) is 38.8. The van der Waals surface area contributed by atoms with Gasteiger partial charge in [-0.2, -0.15) is 0 Å². The zero-order chi connectivity index (χ0) is 82.4. The molecule has 5 aliphatic carbocycles. The molecule has 0 amide bonds. The number of allylic oxidation sites excluding steroid dienone is 2. The number of carbonyl (C=O) groups excluding carboxylic acids is 2. The summed E-state index contributed by atoms with van der Waals surface area (Å²) in [4.78, 5) is 42.9. The second-order valence-corrected chi connectivity index (χ2v) is 34.8. The van der Waals surface area contributed by atoms with Crippen LogP contribution in [0.3, 0.4) is 0 Å². The lowest BCUT2D eigenvalue weighted by molar-refractivity contribution is -0.391. The molecule has 12 fully saturated rings. The molecule has 8 heterocycles. The van der Waals surface area contributed by atoms with Crippen molar-refractivity contribution in [1.29, 1.82) is 0 Å². The predicted octanol–water partition coefficient (Wildman–Crippen LogP) is -8.64. The highest BCUT2D eigenvalue weighted by atomic mass is 16.8. The highest BCUT2D eigenvalue weighted by molar-refractivity contribution is 5.79. The van der Waals surface area contributed by atoms with Gasteiger partial charge in [0.25, 0.3) is 0 Å². The molecule has 113 heavy (non-hydrogen) atoms. The normalized spacial score (nSPS) is 53.3. The van der Waals surface area contributed by atoms with Crippen LogP contribution in [-0.4, -0.2) is 398 Å². The molecule has 4 saturated carbocycles. The van der Waals surface area contributed by atoms with Crippen LogP contribution in [0.15, 0.2) is 11.6 Å². The van der Waals surface area contributed by atoms with E-state index in [1.807, 2.05) is 0 Å². The largest absolute Gasteiger partial charge is 0.479 e. The van der Waals surface area contributed by atoms with Crippen molar-refractivity contribution in [2.75, 3.05) is 52.9 Å². The van der Waals surface area contributed by atoms with E-state index < -0.39 is 305 Å². The average Bonchev–Trinajstić information content (AvgIpc) is 0.673. The van der Waals surface area contributed by atoms with E-state index in [0.29, 0.717) is 57.8 Å². The fraction of sp³-hybridized carbons (Fsp3) is 0.932. The molecule has 43 atom stereocenters. The lowest BCUT2D eigenvalue weighted by atomic mass is 9.33. The highest BCUT2D eigenvalue weighted by Gasteiger charge is 2.72. The van der Waals surface area contributed by atoms with E-state index in [1.165, 1.54) is 0 Å². The van der Waals surface area contributed by atoms with Crippen LogP contribution in [0, 0.1) is 50.2 Å². The molecular formula is C73H116O40. The maximum absolute atomic E-state index is 15.7. The maximum atomic E-state index is 15.7. The average molecular weight is 1630 g/mol. The second-order valence-electron chi connectivity index (χ2n) is 34.8. The lowest BCUT2D eigenvalue weighted by Crippen LogP contribution is -2.68. The Hall–Kier alpha value is -3.05. The van der Waals surface area contributed by atoms with Gasteiger partial charge in [-0.15, -0.1) is 0 Å². The third-order valence-electron chi connectivity index (χ3n) is 27.5. The van der Waals surface area contributed by atoms with Gasteiger partial charge in [0.1, 0.15) is 159 Å². The van der Waals surface area contributed by atoms with E-state index in [9.17, 15) is 107 Å². The van der Waals surface area contributed by atoms with Crippen molar-refractivity contribution in [2.24, 2.45) is 50.2 Å². The molecule has 15 unspecified atom stereocenters. The van der Waals surface area contributed by atoms with Crippen LogP contribution in [0.4, 0.5) is 0 Å². The zero-order valence-corrected chi connectivity index (χ0v) is 63.5. The van der Waals surface area contributed by atoms with Crippen LogP contribution < -0.4 is 0 Å². The van der Waals surface area contributed by atoms with Crippen LogP contribution >= 0.6 is 0 Å². The van der Waals surface area contributed by atoms with Gasteiger partial charge in [-0.3, -0.25) is 4.79 Å². The number of hydrogen-bond donors (Lipinski definition) is 22. The summed E-state index contributed by atoms with van der Waals surface area (Å²) in [5.74, 6) is -3.41. The number of carboxylic acid groups (broad SMARTS) is 1. The molecule has 13 aliphatic rings. The summed E-state index contributed by atoms with van der Waals surface area (Å²) in [5, 5.41) is 232. The van der Waals surface area contributed by atoms with E-state index in [2.05, 4.69) is 40.7 Å². The van der Waals surface area contributed by atoms with Crippen LogP contribution in [0.25, 0.3) is 0 Å². The number of carbonyl (C=O) groups is 3. The molecule has 8 aliphatic heterocycles. The molecule has 0 aromatic heterocycles. The fourth-order valence-electron chi connectivity index (χ4n) is 20.4. The number of aliphatic hydroxyl groups excluding tert-OH is 21. The van der Waals surface area contributed by atoms with Crippen LogP contribution in [0.5, 0.6) is 0 Å². The van der Waals surface area contributed by atoms with Gasteiger partial charge in [0.15, 0.2) is 49.9 Å². The molecule has 13 rings (SSSR count). The summed E-state index contributed by atoms with van der Waals surface area (Å²) in [7, 11) is 0. The fourth-order valence-corrected chi connectivity index (χ4v) is 20.4. The van der Waals surface area contributed by atoms with Crippen LogP contribution in [0.2, 0.25) is 0 Å². The summed E-state index contributed by atoms with van der Waals surface area (Å²) >= 11 is 0.